The Labute approximate surface area is 128 Å². The summed E-state index contributed by atoms with van der Waals surface area (Å²) in [4.78, 5) is 0. The van der Waals surface area contributed by atoms with Gasteiger partial charge in [-0.1, -0.05) is 34.8 Å². The Kier molecular flexibility index (Phi) is 4.27. The van der Waals surface area contributed by atoms with Crippen LogP contribution in [0.4, 0.5) is 0 Å². The molecule has 1 fully saturated rings. The molecule has 1 N–H and O–H groups in total. The van der Waals surface area contributed by atoms with Crippen molar-refractivity contribution >= 4 is 15.9 Å². The molecule has 3 heteroatoms. The first-order valence-electron chi connectivity index (χ1n) is 7.31. The van der Waals surface area contributed by atoms with Crippen LogP contribution in [0.15, 0.2) is 39.2 Å². The summed E-state index contributed by atoms with van der Waals surface area (Å²) >= 11 is 3.53. The zero-order valence-electron chi connectivity index (χ0n) is 11.8. The number of nitrogens with one attached hydrogen (secondary N) is 1. The van der Waals surface area contributed by atoms with E-state index in [0.717, 1.165) is 28.1 Å². The highest BCUT2D eigenvalue weighted by molar-refractivity contribution is 9.10. The molecule has 0 aliphatic heterocycles. The van der Waals surface area contributed by atoms with E-state index < -0.39 is 0 Å². The largest absolute Gasteiger partial charge is 0.460 e. The van der Waals surface area contributed by atoms with Gasteiger partial charge in [-0.3, -0.25) is 0 Å². The zero-order valence-corrected chi connectivity index (χ0v) is 13.4. The van der Waals surface area contributed by atoms with Crippen LogP contribution in [0, 0.1) is 6.92 Å². The minimum atomic E-state index is 0.679. The molecule has 0 spiro atoms. The first-order valence-corrected chi connectivity index (χ1v) is 8.10. The van der Waals surface area contributed by atoms with Crippen molar-refractivity contribution in [1.82, 2.24) is 5.32 Å². The number of aryl methyl sites for hydroxylation is 1. The Hall–Kier alpha value is -1.06. The van der Waals surface area contributed by atoms with E-state index >= 15 is 0 Å². The number of rotatable bonds is 4. The van der Waals surface area contributed by atoms with Crippen LogP contribution < -0.4 is 5.32 Å². The maximum atomic E-state index is 5.95. The van der Waals surface area contributed by atoms with Crippen molar-refractivity contribution < 1.29 is 4.42 Å². The molecule has 0 atom stereocenters. The summed E-state index contributed by atoms with van der Waals surface area (Å²) in [6, 6.07) is 11.1. The predicted octanol–water partition coefficient (Wildman–Crippen LogP) is 5.05. The lowest BCUT2D eigenvalue weighted by Gasteiger charge is -2.09. The van der Waals surface area contributed by atoms with E-state index in [0.29, 0.717) is 6.04 Å². The molecule has 1 aliphatic rings. The van der Waals surface area contributed by atoms with Crippen LogP contribution in [0.25, 0.3) is 11.3 Å². The fourth-order valence-electron chi connectivity index (χ4n) is 2.80. The summed E-state index contributed by atoms with van der Waals surface area (Å²) in [5.74, 6) is 1.97. The molecule has 1 aromatic carbocycles. The molecular formula is C17H20BrNO. The SMILES string of the molecule is Cc1cc(-c2ccc(CNC3CCCC3)o2)ccc1Br. The van der Waals surface area contributed by atoms with Gasteiger partial charge in [0.2, 0.25) is 0 Å². The van der Waals surface area contributed by atoms with Crippen molar-refractivity contribution in [3.8, 4) is 11.3 Å². The summed E-state index contributed by atoms with van der Waals surface area (Å²) in [5.41, 5.74) is 2.36. The van der Waals surface area contributed by atoms with E-state index in [4.69, 9.17) is 4.42 Å². The first kappa shape index (κ1) is 13.9. The van der Waals surface area contributed by atoms with Crippen molar-refractivity contribution in [3.05, 3.63) is 46.1 Å². The smallest absolute Gasteiger partial charge is 0.134 e. The lowest BCUT2D eigenvalue weighted by atomic mass is 10.1. The van der Waals surface area contributed by atoms with Crippen molar-refractivity contribution in [2.24, 2.45) is 0 Å². The minimum Gasteiger partial charge on any atom is -0.460 e. The fraction of sp³-hybridized carbons (Fsp3) is 0.412. The van der Waals surface area contributed by atoms with Crippen molar-refractivity contribution in [2.45, 2.75) is 45.2 Å². The monoisotopic (exact) mass is 333 g/mol. The Morgan fingerprint density at radius 1 is 1.20 bits per heavy atom. The average molecular weight is 334 g/mol. The van der Waals surface area contributed by atoms with Crippen LogP contribution in [-0.2, 0) is 6.54 Å². The minimum absolute atomic E-state index is 0.679. The summed E-state index contributed by atoms with van der Waals surface area (Å²) in [6.07, 6.45) is 5.33. The van der Waals surface area contributed by atoms with Crippen molar-refractivity contribution in [1.29, 1.82) is 0 Å². The van der Waals surface area contributed by atoms with Crippen molar-refractivity contribution in [2.75, 3.05) is 0 Å². The molecule has 20 heavy (non-hydrogen) atoms. The molecule has 1 saturated carbocycles. The van der Waals surface area contributed by atoms with Crippen molar-refractivity contribution in [3.63, 3.8) is 0 Å². The first-order chi connectivity index (χ1) is 9.72. The lowest BCUT2D eigenvalue weighted by Crippen LogP contribution is -2.24. The zero-order chi connectivity index (χ0) is 13.9. The van der Waals surface area contributed by atoms with Gasteiger partial charge in [-0.15, -0.1) is 0 Å². The normalized spacial score (nSPS) is 15.9. The second-order valence-electron chi connectivity index (χ2n) is 5.59. The topological polar surface area (TPSA) is 25.2 Å². The maximum absolute atomic E-state index is 5.95. The van der Waals surface area contributed by atoms with Gasteiger partial charge in [0, 0.05) is 16.1 Å². The lowest BCUT2D eigenvalue weighted by molar-refractivity contribution is 0.452. The van der Waals surface area contributed by atoms with Gasteiger partial charge in [0.05, 0.1) is 6.54 Å². The van der Waals surface area contributed by atoms with E-state index in [2.05, 4.69) is 58.5 Å². The molecular weight excluding hydrogens is 314 g/mol. The van der Waals surface area contributed by atoms with Gasteiger partial charge >= 0.3 is 0 Å². The second kappa shape index (κ2) is 6.15. The Morgan fingerprint density at radius 3 is 2.75 bits per heavy atom. The summed E-state index contributed by atoms with van der Waals surface area (Å²) in [7, 11) is 0. The highest BCUT2D eigenvalue weighted by Gasteiger charge is 2.14. The molecule has 2 aromatic rings. The standard InChI is InChI=1S/C17H20BrNO/c1-12-10-13(6-8-16(12)18)17-9-7-15(20-17)11-19-14-4-2-3-5-14/h6-10,14,19H,2-5,11H2,1H3. The van der Waals surface area contributed by atoms with Gasteiger partial charge in [0.25, 0.3) is 0 Å². The summed E-state index contributed by atoms with van der Waals surface area (Å²) in [6.45, 7) is 2.93. The van der Waals surface area contributed by atoms with Gasteiger partial charge in [0.1, 0.15) is 11.5 Å². The molecule has 0 unspecified atom stereocenters. The van der Waals surface area contributed by atoms with E-state index in [1.165, 1.54) is 31.2 Å². The number of benzene rings is 1. The third-order valence-corrected chi connectivity index (χ3v) is 4.91. The number of hydrogen-bond acceptors (Lipinski definition) is 2. The van der Waals surface area contributed by atoms with Crippen LogP contribution in [0.2, 0.25) is 0 Å². The van der Waals surface area contributed by atoms with Gasteiger partial charge in [-0.25, -0.2) is 0 Å². The van der Waals surface area contributed by atoms with E-state index in [1.54, 1.807) is 0 Å². The Balaban J connectivity index is 1.67. The predicted molar refractivity (Wildman–Crippen MR) is 85.7 cm³/mol. The van der Waals surface area contributed by atoms with Crippen LogP contribution in [-0.4, -0.2) is 6.04 Å². The van der Waals surface area contributed by atoms with E-state index in [1.807, 2.05) is 0 Å². The highest BCUT2D eigenvalue weighted by Crippen LogP contribution is 2.27. The maximum Gasteiger partial charge on any atom is 0.134 e. The quantitative estimate of drug-likeness (QED) is 0.846. The highest BCUT2D eigenvalue weighted by atomic mass is 79.9. The van der Waals surface area contributed by atoms with Gasteiger partial charge in [0.15, 0.2) is 0 Å². The molecule has 0 bridgehead atoms. The third-order valence-electron chi connectivity index (χ3n) is 4.02. The van der Waals surface area contributed by atoms with Gasteiger partial charge in [-0.05, 0) is 49.6 Å². The molecule has 1 aliphatic carbocycles. The van der Waals surface area contributed by atoms with E-state index in [-0.39, 0.29) is 0 Å². The van der Waals surface area contributed by atoms with Crippen LogP contribution in [0.5, 0.6) is 0 Å². The summed E-state index contributed by atoms with van der Waals surface area (Å²) in [5, 5.41) is 3.58. The van der Waals surface area contributed by atoms with Crippen LogP contribution >= 0.6 is 15.9 Å². The molecule has 0 saturated heterocycles. The van der Waals surface area contributed by atoms with Gasteiger partial charge < -0.3 is 9.73 Å². The Morgan fingerprint density at radius 2 is 2.00 bits per heavy atom. The molecule has 1 aromatic heterocycles. The number of hydrogen-bond donors (Lipinski definition) is 1. The molecule has 106 valence electrons. The van der Waals surface area contributed by atoms with Crippen LogP contribution in [0.3, 0.4) is 0 Å². The van der Waals surface area contributed by atoms with E-state index in [9.17, 15) is 0 Å². The van der Waals surface area contributed by atoms with Crippen LogP contribution in [0.1, 0.15) is 37.0 Å². The fourth-order valence-corrected chi connectivity index (χ4v) is 3.05. The molecule has 3 rings (SSSR count). The van der Waals surface area contributed by atoms with Gasteiger partial charge in [-0.2, -0.15) is 0 Å². The molecule has 2 nitrogen and oxygen atoms in total. The molecule has 0 amide bonds. The molecule has 1 heterocycles. The summed E-state index contributed by atoms with van der Waals surface area (Å²) < 4.78 is 7.08. The second-order valence-corrected chi connectivity index (χ2v) is 6.45. The average Bonchev–Trinajstić information content (AvgIpc) is 3.10. The number of halogens is 1. The molecule has 0 radical (unpaired) electrons. The Bertz CT molecular complexity index is 584. The third kappa shape index (κ3) is 3.15. The number of furan rings is 1.